The molecule has 4 rings (SSSR count). The minimum Gasteiger partial charge on any atom is -0.363 e. The first-order valence-electron chi connectivity index (χ1n) is 11.1. The topological polar surface area (TPSA) is 93.0 Å². The number of hydrogen-bond donors (Lipinski definition) is 1. The molecule has 2 aromatic heterocycles. The summed E-state index contributed by atoms with van der Waals surface area (Å²) in [7, 11) is 3.30. The van der Waals surface area contributed by atoms with E-state index in [1.54, 1.807) is 20.2 Å². The van der Waals surface area contributed by atoms with Crippen molar-refractivity contribution in [3.8, 4) is 11.3 Å². The van der Waals surface area contributed by atoms with Gasteiger partial charge in [-0.3, -0.25) is 9.59 Å². The Morgan fingerprint density at radius 3 is 2.59 bits per heavy atom. The van der Waals surface area contributed by atoms with Crippen molar-refractivity contribution in [3.63, 3.8) is 0 Å². The highest BCUT2D eigenvalue weighted by Crippen LogP contribution is 2.29. The molecular weight excluding hydrogens is 428 g/mol. The highest BCUT2D eigenvalue weighted by molar-refractivity contribution is 5.92. The van der Waals surface area contributed by atoms with Crippen molar-refractivity contribution in [1.82, 2.24) is 24.6 Å². The quantitative estimate of drug-likeness (QED) is 0.475. The van der Waals surface area contributed by atoms with Crippen LogP contribution < -0.4 is 10.9 Å². The molecule has 0 aliphatic rings. The molecule has 0 fully saturated rings. The molecule has 8 heteroatoms. The van der Waals surface area contributed by atoms with E-state index in [-0.39, 0.29) is 24.1 Å². The van der Waals surface area contributed by atoms with E-state index in [2.05, 4.69) is 52.4 Å². The fourth-order valence-corrected chi connectivity index (χ4v) is 3.73. The maximum absolute atomic E-state index is 12.2. The molecule has 0 saturated heterocycles. The Labute approximate surface area is 198 Å². The molecule has 0 radical (unpaired) electrons. The van der Waals surface area contributed by atoms with Crippen LogP contribution in [0.1, 0.15) is 29.9 Å². The summed E-state index contributed by atoms with van der Waals surface area (Å²) in [5.74, 6) is 1.20. The van der Waals surface area contributed by atoms with Gasteiger partial charge in [0.25, 0.3) is 5.56 Å². The van der Waals surface area contributed by atoms with Crippen LogP contribution in [-0.4, -0.2) is 44.7 Å². The Balaban J connectivity index is 1.73. The van der Waals surface area contributed by atoms with Crippen molar-refractivity contribution >= 4 is 22.6 Å². The third-order valence-electron chi connectivity index (χ3n) is 5.65. The van der Waals surface area contributed by atoms with Crippen LogP contribution in [0.15, 0.2) is 59.4 Å². The smallest absolute Gasteiger partial charge is 0.267 e. The first kappa shape index (κ1) is 23.1. The number of carbonyl (C=O) groups excluding carboxylic acids is 1. The third-order valence-corrected chi connectivity index (χ3v) is 5.65. The summed E-state index contributed by atoms with van der Waals surface area (Å²) in [6.07, 6.45) is 0. The van der Waals surface area contributed by atoms with Crippen LogP contribution >= 0.6 is 0 Å². The SMILES string of the molecule is Cc1cccc([C@@H](C)Nc2nc(C)nc3ccc(-c4ccc(=O)n(CC(=O)N(C)C)n4)cc23)c1. The molecule has 8 nitrogen and oxygen atoms in total. The third kappa shape index (κ3) is 4.96. The van der Waals surface area contributed by atoms with Crippen LogP contribution in [0.2, 0.25) is 0 Å². The van der Waals surface area contributed by atoms with Gasteiger partial charge in [0.2, 0.25) is 5.91 Å². The molecule has 2 aromatic carbocycles. The molecule has 1 atom stereocenters. The standard InChI is InChI=1S/C26H28N6O2/c1-16-7-6-8-19(13-16)17(2)27-26-21-14-20(9-10-23(21)28-18(3)29-26)22-11-12-24(33)32(30-22)15-25(34)31(4)5/h6-14,17H,15H2,1-5H3,(H,27,28,29)/t17-/m1/s1. The number of carbonyl (C=O) groups is 1. The van der Waals surface area contributed by atoms with Crippen molar-refractivity contribution in [2.75, 3.05) is 19.4 Å². The molecule has 1 N–H and O–H groups in total. The van der Waals surface area contributed by atoms with Crippen LogP contribution in [-0.2, 0) is 11.3 Å². The van der Waals surface area contributed by atoms with Gasteiger partial charge < -0.3 is 10.2 Å². The van der Waals surface area contributed by atoms with Crippen LogP contribution in [0.3, 0.4) is 0 Å². The number of likely N-dealkylation sites (N-methyl/N-ethyl adjacent to an activating group) is 1. The van der Waals surface area contributed by atoms with Gasteiger partial charge in [0.05, 0.1) is 11.2 Å². The molecule has 0 saturated carbocycles. The fourth-order valence-electron chi connectivity index (χ4n) is 3.73. The van der Waals surface area contributed by atoms with E-state index in [4.69, 9.17) is 0 Å². The monoisotopic (exact) mass is 456 g/mol. The van der Waals surface area contributed by atoms with Gasteiger partial charge in [0.1, 0.15) is 18.2 Å². The highest BCUT2D eigenvalue weighted by Gasteiger charge is 2.14. The molecule has 0 bridgehead atoms. The summed E-state index contributed by atoms with van der Waals surface area (Å²) < 4.78 is 1.19. The van der Waals surface area contributed by atoms with Gasteiger partial charge in [-0.2, -0.15) is 5.10 Å². The van der Waals surface area contributed by atoms with Gasteiger partial charge in [0, 0.05) is 37.2 Å². The van der Waals surface area contributed by atoms with Gasteiger partial charge in [0.15, 0.2) is 0 Å². The Bertz CT molecular complexity index is 1430. The van der Waals surface area contributed by atoms with E-state index >= 15 is 0 Å². The zero-order valence-electron chi connectivity index (χ0n) is 20.0. The van der Waals surface area contributed by atoms with E-state index < -0.39 is 0 Å². The van der Waals surface area contributed by atoms with Crippen LogP contribution in [0, 0.1) is 13.8 Å². The van der Waals surface area contributed by atoms with Gasteiger partial charge in [-0.05, 0) is 44.5 Å². The van der Waals surface area contributed by atoms with E-state index in [9.17, 15) is 9.59 Å². The van der Waals surface area contributed by atoms with Crippen LogP contribution in [0.5, 0.6) is 0 Å². The normalized spacial score (nSPS) is 11.9. The van der Waals surface area contributed by atoms with Crippen molar-refractivity contribution < 1.29 is 4.79 Å². The molecule has 34 heavy (non-hydrogen) atoms. The van der Waals surface area contributed by atoms with Crippen molar-refractivity contribution in [2.24, 2.45) is 0 Å². The fraction of sp³-hybridized carbons (Fsp3) is 0.269. The number of aromatic nitrogens is 4. The number of rotatable bonds is 6. The number of hydrogen-bond acceptors (Lipinski definition) is 6. The maximum Gasteiger partial charge on any atom is 0.267 e. The Morgan fingerprint density at radius 2 is 1.85 bits per heavy atom. The summed E-state index contributed by atoms with van der Waals surface area (Å²) in [5.41, 5.74) is 4.24. The van der Waals surface area contributed by atoms with Crippen molar-refractivity contribution in [1.29, 1.82) is 0 Å². The Hall–Kier alpha value is -4.07. The average Bonchev–Trinajstić information content (AvgIpc) is 2.80. The van der Waals surface area contributed by atoms with Crippen molar-refractivity contribution in [2.45, 2.75) is 33.4 Å². The number of nitrogens with one attached hydrogen (secondary N) is 1. The summed E-state index contributed by atoms with van der Waals surface area (Å²) in [6.45, 7) is 5.93. The van der Waals surface area contributed by atoms with Gasteiger partial charge in [-0.25, -0.2) is 14.6 Å². The zero-order chi connectivity index (χ0) is 24.4. The lowest BCUT2D eigenvalue weighted by atomic mass is 10.0. The molecule has 0 unspecified atom stereocenters. The lowest BCUT2D eigenvalue weighted by Crippen LogP contribution is -2.32. The number of nitrogens with zero attached hydrogens (tertiary/aromatic N) is 5. The summed E-state index contributed by atoms with van der Waals surface area (Å²) in [5, 5.41) is 8.82. The van der Waals surface area contributed by atoms with Crippen molar-refractivity contribution in [3.05, 3.63) is 81.9 Å². The molecule has 1 amide bonds. The maximum atomic E-state index is 12.2. The van der Waals surface area contributed by atoms with Gasteiger partial charge in [-0.1, -0.05) is 35.9 Å². The van der Waals surface area contributed by atoms with E-state index in [1.165, 1.54) is 26.8 Å². The van der Waals surface area contributed by atoms with E-state index in [0.29, 0.717) is 11.5 Å². The number of benzene rings is 2. The number of fused-ring (bicyclic) bond motifs is 1. The number of aryl methyl sites for hydroxylation is 2. The molecule has 0 aliphatic carbocycles. The lowest BCUT2D eigenvalue weighted by molar-refractivity contribution is -0.129. The van der Waals surface area contributed by atoms with E-state index in [1.807, 2.05) is 31.2 Å². The largest absolute Gasteiger partial charge is 0.363 e. The second-order valence-corrected chi connectivity index (χ2v) is 8.63. The predicted molar refractivity (Wildman–Crippen MR) is 134 cm³/mol. The molecule has 174 valence electrons. The number of amides is 1. The summed E-state index contributed by atoms with van der Waals surface area (Å²) in [4.78, 5) is 35.0. The molecule has 0 spiro atoms. The van der Waals surface area contributed by atoms with E-state index in [0.717, 1.165) is 22.3 Å². The second-order valence-electron chi connectivity index (χ2n) is 8.63. The Morgan fingerprint density at radius 1 is 1.06 bits per heavy atom. The second kappa shape index (κ2) is 9.43. The average molecular weight is 457 g/mol. The van der Waals surface area contributed by atoms with Gasteiger partial charge >= 0.3 is 0 Å². The summed E-state index contributed by atoms with van der Waals surface area (Å²) >= 11 is 0. The first-order chi connectivity index (χ1) is 16.2. The number of anilines is 1. The molecule has 4 aromatic rings. The minimum atomic E-state index is -0.326. The minimum absolute atomic E-state index is 0.0399. The molecule has 2 heterocycles. The molecule has 0 aliphatic heterocycles. The van der Waals surface area contributed by atoms with Gasteiger partial charge in [-0.15, -0.1) is 0 Å². The predicted octanol–water partition coefficient (Wildman–Crippen LogP) is 3.73. The Kier molecular flexibility index (Phi) is 6.40. The lowest BCUT2D eigenvalue weighted by Gasteiger charge is -2.18. The highest BCUT2D eigenvalue weighted by atomic mass is 16.2. The molecular formula is C26H28N6O2. The van der Waals surface area contributed by atoms with Crippen LogP contribution in [0.25, 0.3) is 22.2 Å². The zero-order valence-corrected chi connectivity index (χ0v) is 20.0. The first-order valence-corrected chi connectivity index (χ1v) is 11.1. The summed E-state index contributed by atoms with van der Waals surface area (Å²) in [6, 6.07) is 17.3. The van der Waals surface area contributed by atoms with Crippen LogP contribution in [0.4, 0.5) is 5.82 Å².